The molecule has 0 atom stereocenters. The SMILES string of the molecule is c1ccc(-c2nc3cc(N(c4cccc5c4oc4ccccc45)c4cccc5c6ccccc6n(-c6ccccc6)c45)c4oc5ccccc5c4c3o2)cc1. The highest BCUT2D eigenvalue weighted by atomic mass is 16.4. The van der Waals surface area contributed by atoms with Crippen molar-refractivity contribution in [1.82, 2.24) is 9.55 Å². The van der Waals surface area contributed by atoms with Crippen LogP contribution in [-0.4, -0.2) is 9.55 Å². The lowest BCUT2D eigenvalue weighted by molar-refractivity contribution is 0.622. The number of furan rings is 2. The van der Waals surface area contributed by atoms with Crippen LogP contribution in [0.15, 0.2) is 189 Å². The molecule has 0 unspecified atom stereocenters. The van der Waals surface area contributed by atoms with Gasteiger partial charge in [0.2, 0.25) is 5.89 Å². The van der Waals surface area contributed by atoms with Crippen LogP contribution >= 0.6 is 0 Å². The molecule has 0 aliphatic carbocycles. The van der Waals surface area contributed by atoms with E-state index in [-0.39, 0.29) is 0 Å². The predicted molar refractivity (Wildman–Crippen MR) is 223 cm³/mol. The Labute approximate surface area is 313 Å². The minimum absolute atomic E-state index is 0.552. The Morgan fingerprint density at radius 3 is 1.87 bits per heavy atom. The van der Waals surface area contributed by atoms with Crippen LogP contribution in [-0.2, 0) is 0 Å². The zero-order chi connectivity index (χ0) is 36.0. The summed E-state index contributed by atoms with van der Waals surface area (Å²) < 4.78 is 22.8. The van der Waals surface area contributed by atoms with Gasteiger partial charge in [-0.15, -0.1) is 0 Å². The second-order valence-electron chi connectivity index (χ2n) is 13.9. The summed E-state index contributed by atoms with van der Waals surface area (Å²) in [5.41, 5.74) is 11.3. The van der Waals surface area contributed by atoms with Crippen molar-refractivity contribution in [3.63, 3.8) is 0 Å². The Kier molecular flexibility index (Phi) is 6.24. The maximum absolute atomic E-state index is 6.92. The first-order valence-corrected chi connectivity index (χ1v) is 18.4. The van der Waals surface area contributed by atoms with Gasteiger partial charge in [0, 0.05) is 38.2 Å². The zero-order valence-corrected chi connectivity index (χ0v) is 29.3. The van der Waals surface area contributed by atoms with Crippen molar-refractivity contribution >= 4 is 93.8 Å². The summed E-state index contributed by atoms with van der Waals surface area (Å²) in [6.45, 7) is 0. The molecule has 0 fully saturated rings. The van der Waals surface area contributed by atoms with Crippen LogP contribution in [0.5, 0.6) is 0 Å². The molecule has 0 N–H and O–H groups in total. The molecular formula is C49H29N3O3. The fourth-order valence-electron chi connectivity index (χ4n) is 8.45. The summed E-state index contributed by atoms with van der Waals surface area (Å²) >= 11 is 0. The van der Waals surface area contributed by atoms with Crippen molar-refractivity contribution < 1.29 is 13.3 Å². The normalized spacial score (nSPS) is 12.0. The Bertz CT molecular complexity index is 3440. The number of rotatable bonds is 5. The molecule has 258 valence electrons. The van der Waals surface area contributed by atoms with Gasteiger partial charge in [0.1, 0.15) is 16.7 Å². The highest BCUT2D eigenvalue weighted by Crippen LogP contribution is 2.51. The van der Waals surface area contributed by atoms with E-state index in [0.717, 1.165) is 88.5 Å². The highest BCUT2D eigenvalue weighted by Gasteiger charge is 2.29. The van der Waals surface area contributed by atoms with E-state index in [9.17, 15) is 0 Å². The van der Waals surface area contributed by atoms with E-state index in [1.54, 1.807) is 0 Å². The van der Waals surface area contributed by atoms with Crippen LogP contribution in [0.3, 0.4) is 0 Å². The second kappa shape index (κ2) is 11.5. The Hall–Kier alpha value is -7.57. The van der Waals surface area contributed by atoms with E-state index in [0.29, 0.717) is 17.1 Å². The summed E-state index contributed by atoms with van der Waals surface area (Å²) in [7, 11) is 0. The van der Waals surface area contributed by atoms with Crippen molar-refractivity contribution in [2.75, 3.05) is 4.90 Å². The van der Waals surface area contributed by atoms with Gasteiger partial charge in [-0.1, -0.05) is 115 Å². The number of anilines is 3. The van der Waals surface area contributed by atoms with Gasteiger partial charge in [-0.25, -0.2) is 4.98 Å². The molecule has 0 bridgehead atoms. The lowest BCUT2D eigenvalue weighted by atomic mass is 10.1. The van der Waals surface area contributed by atoms with E-state index in [1.165, 1.54) is 5.39 Å². The van der Waals surface area contributed by atoms with Gasteiger partial charge in [0.05, 0.1) is 33.5 Å². The van der Waals surface area contributed by atoms with E-state index >= 15 is 0 Å². The van der Waals surface area contributed by atoms with Crippen LogP contribution in [0.4, 0.5) is 17.1 Å². The zero-order valence-electron chi connectivity index (χ0n) is 29.3. The predicted octanol–water partition coefficient (Wildman–Crippen LogP) is 13.9. The quantitative estimate of drug-likeness (QED) is 0.178. The minimum Gasteiger partial charge on any atom is -0.454 e. The van der Waals surface area contributed by atoms with E-state index in [2.05, 4.69) is 125 Å². The number of oxazole rings is 1. The molecular weight excluding hydrogens is 679 g/mol. The molecule has 0 radical (unpaired) electrons. The molecule has 0 spiro atoms. The molecule has 12 aromatic rings. The molecule has 55 heavy (non-hydrogen) atoms. The third-order valence-electron chi connectivity index (χ3n) is 10.8. The highest BCUT2D eigenvalue weighted by molar-refractivity contribution is 6.23. The van der Waals surface area contributed by atoms with Crippen molar-refractivity contribution in [2.45, 2.75) is 0 Å². The molecule has 4 aromatic heterocycles. The molecule has 6 heteroatoms. The number of fused-ring (bicyclic) bond motifs is 11. The molecule has 8 aromatic carbocycles. The van der Waals surface area contributed by atoms with Crippen molar-refractivity contribution in [2.24, 2.45) is 0 Å². The number of hydrogen-bond donors (Lipinski definition) is 0. The minimum atomic E-state index is 0.552. The smallest absolute Gasteiger partial charge is 0.227 e. The van der Waals surface area contributed by atoms with E-state index in [1.807, 2.05) is 60.7 Å². The molecule has 12 rings (SSSR count). The Morgan fingerprint density at radius 2 is 1.05 bits per heavy atom. The lowest BCUT2D eigenvalue weighted by Gasteiger charge is -2.27. The van der Waals surface area contributed by atoms with Gasteiger partial charge in [0.25, 0.3) is 0 Å². The summed E-state index contributed by atoms with van der Waals surface area (Å²) in [5.74, 6) is 0.552. The van der Waals surface area contributed by atoms with Crippen LogP contribution < -0.4 is 4.90 Å². The molecule has 6 nitrogen and oxygen atoms in total. The number of benzene rings is 8. The molecule has 4 heterocycles. The topological polar surface area (TPSA) is 60.5 Å². The largest absolute Gasteiger partial charge is 0.454 e. The summed E-state index contributed by atoms with van der Waals surface area (Å²) in [5, 5.41) is 6.22. The molecule has 0 saturated heterocycles. The van der Waals surface area contributed by atoms with Gasteiger partial charge in [0.15, 0.2) is 16.7 Å². The first kappa shape index (κ1) is 29.9. The monoisotopic (exact) mass is 707 g/mol. The number of hydrogen-bond acceptors (Lipinski definition) is 5. The first-order valence-electron chi connectivity index (χ1n) is 18.4. The van der Waals surface area contributed by atoms with Gasteiger partial charge in [-0.3, -0.25) is 0 Å². The third-order valence-corrected chi connectivity index (χ3v) is 10.8. The molecule has 0 saturated carbocycles. The molecule has 0 aliphatic heterocycles. The average molecular weight is 708 g/mol. The number of para-hydroxylation sites is 6. The number of nitrogens with zero attached hydrogens (tertiary/aromatic N) is 3. The third kappa shape index (κ3) is 4.33. The van der Waals surface area contributed by atoms with Gasteiger partial charge in [-0.2, -0.15) is 0 Å². The Balaban J connectivity index is 1.27. The van der Waals surface area contributed by atoms with E-state index < -0.39 is 0 Å². The summed E-state index contributed by atoms with van der Waals surface area (Å²) in [6, 6.07) is 60.6. The van der Waals surface area contributed by atoms with Crippen molar-refractivity contribution in [3.8, 4) is 17.1 Å². The van der Waals surface area contributed by atoms with Gasteiger partial charge < -0.3 is 22.7 Å². The fourth-order valence-corrected chi connectivity index (χ4v) is 8.45. The summed E-state index contributed by atoms with van der Waals surface area (Å²) in [4.78, 5) is 7.44. The number of aromatic nitrogens is 2. The van der Waals surface area contributed by atoms with Crippen LogP contribution in [0.25, 0.3) is 93.9 Å². The molecule has 0 amide bonds. The van der Waals surface area contributed by atoms with Crippen molar-refractivity contribution in [3.05, 3.63) is 176 Å². The standard InChI is InChI=1S/C49H29N3O3/c1-3-15-30(16-4-1)49-50-37-29-41(48-44(47(37)55-49)36-21-9-12-28-43(36)54-48)52(40-26-14-23-35-33-20-8-11-27-42(33)53-46(35)40)39-25-13-22-34-32-19-7-10-24-38(32)51(45(34)39)31-17-5-2-6-18-31/h1-29H. The van der Waals surface area contributed by atoms with E-state index in [4.69, 9.17) is 18.2 Å². The Morgan fingerprint density at radius 1 is 0.436 bits per heavy atom. The van der Waals surface area contributed by atoms with Crippen LogP contribution in [0, 0.1) is 0 Å². The summed E-state index contributed by atoms with van der Waals surface area (Å²) in [6.07, 6.45) is 0. The van der Waals surface area contributed by atoms with Gasteiger partial charge in [-0.05, 0) is 60.7 Å². The maximum atomic E-state index is 6.92. The van der Waals surface area contributed by atoms with Gasteiger partial charge >= 0.3 is 0 Å². The maximum Gasteiger partial charge on any atom is 0.227 e. The van der Waals surface area contributed by atoms with Crippen LogP contribution in [0.1, 0.15) is 0 Å². The first-order chi connectivity index (χ1) is 27.3. The second-order valence-corrected chi connectivity index (χ2v) is 13.9. The van der Waals surface area contributed by atoms with Crippen molar-refractivity contribution in [1.29, 1.82) is 0 Å². The lowest BCUT2D eigenvalue weighted by Crippen LogP contribution is -2.12. The average Bonchev–Trinajstić information content (AvgIpc) is 4.02. The van der Waals surface area contributed by atoms with Crippen LogP contribution in [0.2, 0.25) is 0 Å². The fraction of sp³-hybridized carbons (Fsp3) is 0. The molecule has 0 aliphatic rings.